The summed E-state index contributed by atoms with van der Waals surface area (Å²) in [6.07, 6.45) is 4.38. The first-order chi connectivity index (χ1) is 14.0. The van der Waals surface area contributed by atoms with E-state index >= 15 is 0 Å². The van der Waals surface area contributed by atoms with Crippen LogP contribution in [0.2, 0.25) is 0 Å². The van der Waals surface area contributed by atoms with E-state index in [2.05, 4.69) is 32.0 Å². The van der Waals surface area contributed by atoms with Crippen LogP contribution in [0.5, 0.6) is 0 Å². The minimum absolute atomic E-state index is 0. The Kier molecular flexibility index (Phi) is 9.09. The van der Waals surface area contributed by atoms with E-state index in [0.717, 1.165) is 29.3 Å². The van der Waals surface area contributed by atoms with Crippen LogP contribution in [0.3, 0.4) is 0 Å². The van der Waals surface area contributed by atoms with Crippen molar-refractivity contribution < 1.29 is 4.79 Å². The van der Waals surface area contributed by atoms with Crippen molar-refractivity contribution in [2.45, 2.75) is 25.3 Å². The fraction of sp³-hybridized carbons (Fsp3) is 0.476. The molecule has 30 heavy (non-hydrogen) atoms. The third kappa shape index (κ3) is 6.18. The van der Waals surface area contributed by atoms with Crippen molar-refractivity contribution >= 4 is 41.5 Å². The number of likely N-dealkylation sites (N-methyl/N-ethyl adjacent to an activating group) is 1. The molecule has 0 radical (unpaired) electrons. The van der Waals surface area contributed by atoms with Gasteiger partial charge in [-0.1, -0.05) is 18.2 Å². The Balaban J connectivity index is 0.00000320. The lowest BCUT2D eigenvalue weighted by atomic mass is 9.90. The number of fused-ring (bicyclic) bond motifs is 1. The highest BCUT2D eigenvalue weighted by Gasteiger charge is 2.25. The molecule has 1 aliphatic heterocycles. The number of guanidine groups is 1. The molecule has 1 aromatic carbocycles. The Morgan fingerprint density at radius 3 is 2.80 bits per heavy atom. The van der Waals surface area contributed by atoms with E-state index in [4.69, 9.17) is 4.99 Å². The molecule has 3 rings (SSSR count). The molecule has 1 aromatic heterocycles. The number of halogens is 1. The van der Waals surface area contributed by atoms with Crippen molar-refractivity contribution in [3.05, 3.63) is 47.8 Å². The number of anilines is 1. The Morgan fingerprint density at radius 2 is 2.13 bits per heavy atom. The number of hydrogen-bond donors (Lipinski definition) is 3. The molecule has 0 aliphatic carbocycles. The van der Waals surface area contributed by atoms with Gasteiger partial charge < -0.3 is 20.9 Å². The summed E-state index contributed by atoms with van der Waals surface area (Å²) in [5.41, 5.74) is 3.20. The van der Waals surface area contributed by atoms with E-state index in [1.165, 1.54) is 0 Å². The van der Waals surface area contributed by atoms with E-state index in [9.17, 15) is 4.79 Å². The maximum absolute atomic E-state index is 12.1. The molecule has 8 nitrogen and oxygen atoms in total. The van der Waals surface area contributed by atoms with Crippen LogP contribution in [0, 0.1) is 0 Å². The largest absolute Gasteiger partial charge is 0.357 e. The van der Waals surface area contributed by atoms with Gasteiger partial charge in [0, 0.05) is 49.9 Å². The fourth-order valence-electron chi connectivity index (χ4n) is 3.60. The van der Waals surface area contributed by atoms with Crippen LogP contribution in [-0.4, -0.2) is 60.3 Å². The number of aryl methyl sites for hydroxylation is 1. The summed E-state index contributed by atoms with van der Waals surface area (Å²) >= 11 is 0. The highest BCUT2D eigenvalue weighted by molar-refractivity contribution is 14.0. The van der Waals surface area contributed by atoms with E-state index in [1.54, 1.807) is 0 Å². The molecule has 2 aromatic rings. The van der Waals surface area contributed by atoms with Crippen LogP contribution >= 0.6 is 24.0 Å². The smallest absolute Gasteiger partial charge is 0.225 e. The van der Waals surface area contributed by atoms with Crippen LogP contribution in [0.15, 0.2) is 41.7 Å². The molecule has 0 spiro atoms. The summed E-state index contributed by atoms with van der Waals surface area (Å²) in [4.78, 5) is 19.0. The van der Waals surface area contributed by atoms with Crippen molar-refractivity contribution in [1.29, 1.82) is 0 Å². The molecule has 0 saturated carbocycles. The molecule has 0 bridgehead atoms. The Morgan fingerprint density at radius 1 is 1.37 bits per heavy atom. The number of aliphatic imine (C=N–C) groups is 1. The van der Waals surface area contributed by atoms with Crippen LogP contribution in [0.25, 0.3) is 0 Å². The first-order valence-electron chi connectivity index (χ1n) is 10.0. The van der Waals surface area contributed by atoms with Crippen LogP contribution in [0.1, 0.15) is 36.4 Å². The van der Waals surface area contributed by atoms with Gasteiger partial charge in [0.25, 0.3) is 0 Å². The van der Waals surface area contributed by atoms with Crippen LogP contribution < -0.4 is 16.0 Å². The molecule has 3 N–H and O–H groups in total. The molecule has 1 aliphatic rings. The first kappa shape index (κ1) is 24.1. The zero-order valence-corrected chi connectivity index (χ0v) is 20.4. The van der Waals surface area contributed by atoms with Crippen molar-refractivity contribution in [2.75, 3.05) is 39.0 Å². The van der Waals surface area contributed by atoms with Crippen molar-refractivity contribution in [2.24, 2.45) is 12.0 Å². The van der Waals surface area contributed by atoms with E-state index in [1.807, 2.05) is 63.3 Å². The van der Waals surface area contributed by atoms with Crippen molar-refractivity contribution in [1.82, 2.24) is 25.3 Å². The van der Waals surface area contributed by atoms with Gasteiger partial charge in [0.2, 0.25) is 5.91 Å². The predicted octanol–water partition coefficient (Wildman–Crippen LogP) is 2.32. The van der Waals surface area contributed by atoms with Gasteiger partial charge in [0.15, 0.2) is 5.96 Å². The lowest BCUT2D eigenvalue weighted by Crippen LogP contribution is -2.41. The number of benzene rings is 1. The molecule has 164 valence electrons. The molecular formula is C21H32IN7O. The fourth-order valence-corrected chi connectivity index (χ4v) is 3.60. The highest BCUT2D eigenvalue weighted by atomic mass is 127. The first-order valence-corrected chi connectivity index (χ1v) is 10.0. The van der Waals surface area contributed by atoms with Crippen LogP contribution in [-0.2, 0) is 11.8 Å². The summed E-state index contributed by atoms with van der Waals surface area (Å²) in [6, 6.07) is 8.13. The van der Waals surface area contributed by atoms with Gasteiger partial charge in [-0.3, -0.25) is 14.5 Å². The number of hydrogen-bond acceptors (Lipinski definition) is 4. The Bertz CT molecular complexity index is 865. The third-order valence-electron chi connectivity index (χ3n) is 5.12. The number of para-hydroxylation sites is 1. The minimum atomic E-state index is 0. The highest BCUT2D eigenvalue weighted by Crippen LogP contribution is 2.31. The molecule has 0 saturated heterocycles. The van der Waals surface area contributed by atoms with Gasteiger partial charge in [-0.15, -0.1) is 24.0 Å². The topological polar surface area (TPSA) is 86.6 Å². The molecule has 2 unspecified atom stereocenters. The standard InChI is InChI=1S/C21H31N7O.HI/c1-5-22-21(24-13-19(27(2)3)16-12-25-28(4)14-16)23-11-15-10-20(29)26-18-9-7-6-8-17(15)18;/h6-9,12,14-15,19H,5,10-11,13H2,1-4H3,(H,26,29)(H2,22,23,24);1H. The average Bonchev–Trinajstić information content (AvgIpc) is 3.11. The lowest BCUT2D eigenvalue weighted by Gasteiger charge is -2.26. The van der Waals surface area contributed by atoms with Gasteiger partial charge in [-0.25, -0.2) is 0 Å². The van der Waals surface area contributed by atoms with Gasteiger partial charge in [-0.05, 0) is 32.6 Å². The molecular weight excluding hydrogens is 493 g/mol. The molecule has 0 fully saturated rings. The minimum Gasteiger partial charge on any atom is -0.357 e. The second-order valence-corrected chi connectivity index (χ2v) is 7.56. The Hall–Kier alpha value is -2.14. The number of rotatable bonds is 7. The van der Waals surface area contributed by atoms with Gasteiger partial charge in [0.05, 0.1) is 18.8 Å². The van der Waals surface area contributed by atoms with Gasteiger partial charge in [-0.2, -0.15) is 5.10 Å². The number of aromatic nitrogens is 2. The summed E-state index contributed by atoms with van der Waals surface area (Å²) in [6.45, 7) is 4.07. The number of nitrogens with zero attached hydrogens (tertiary/aromatic N) is 4. The molecule has 2 heterocycles. The average molecular weight is 525 g/mol. The predicted molar refractivity (Wildman–Crippen MR) is 131 cm³/mol. The summed E-state index contributed by atoms with van der Waals surface area (Å²) in [5, 5.41) is 14.0. The van der Waals surface area contributed by atoms with E-state index in [-0.39, 0.29) is 41.8 Å². The van der Waals surface area contributed by atoms with E-state index < -0.39 is 0 Å². The normalized spacial score (nSPS) is 17.0. The number of carbonyl (C=O) groups excluding carboxylic acids is 1. The SMILES string of the molecule is CCNC(=NCC(c1cnn(C)c1)N(C)C)NCC1CC(=O)Nc2ccccc21.I. The monoisotopic (exact) mass is 525 g/mol. The van der Waals surface area contributed by atoms with E-state index in [0.29, 0.717) is 19.5 Å². The zero-order chi connectivity index (χ0) is 20.8. The quantitative estimate of drug-likeness (QED) is 0.294. The van der Waals surface area contributed by atoms with Gasteiger partial charge in [0.1, 0.15) is 0 Å². The summed E-state index contributed by atoms with van der Waals surface area (Å²) in [7, 11) is 6.01. The maximum Gasteiger partial charge on any atom is 0.225 e. The number of amides is 1. The maximum atomic E-state index is 12.1. The second kappa shape index (κ2) is 11.3. The van der Waals surface area contributed by atoms with Crippen LogP contribution in [0.4, 0.5) is 5.69 Å². The molecule has 2 atom stereocenters. The summed E-state index contributed by atoms with van der Waals surface area (Å²) in [5.74, 6) is 0.931. The number of carbonyl (C=O) groups is 1. The number of nitrogens with one attached hydrogen (secondary N) is 3. The Labute approximate surface area is 195 Å². The zero-order valence-electron chi connectivity index (χ0n) is 18.1. The molecule has 9 heteroatoms. The molecule has 1 amide bonds. The van der Waals surface area contributed by atoms with Gasteiger partial charge >= 0.3 is 0 Å². The van der Waals surface area contributed by atoms with Crippen molar-refractivity contribution in [3.63, 3.8) is 0 Å². The lowest BCUT2D eigenvalue weighted by molar-refractivity contribution is -0.116. The summed E-state index contributed by atoms with van der Waals surface area (Å²) < 4.78 is 1.81. The van der Waals surface area contributed by atoms with Crippen molar-refractivity contribution in [3.8, 4) is 0 Å². The second-order valence-electron chi connectivity index (χ2n) is 7.56. The third-order valence-corrected chi connectivity index (χ3v) is 5.12.